The molecule has 2 aromatic rings. The third-order valence-electron chi connectivity index (χ3n) is 3.46. The molecule has 5 nitrogen and oxygen atoms in total. The molecule has 1 aliphatic heterocycles. The summed E-state index contributed by atoms with van der Waals surface area (Å²) in [6.45, 7) is 2.68. The molecule has 0 radical (unpaired) electrons. The highest BCUT2D eigenvalue weighted by Gasteiger charge is 2.26. The van der Waals surface area contributed by atoms with Crippen molar-refractivity contribution in [1.82, 2.24) is 4.98 Å². The molecular weight excluding hydrogens is 287 g/mol. The van der Waals surface area contributed by atoms with Gasteiger partial charge in [-0.05, 0) is 36.8 Å². The van der Waals surface area contributed by atoms with E-state index in [0.717, 1.165) is 5.56 Å². The summed E-state index contributed by atoms with van der Waals surface area (Å²) < 4.78 is 23.9. The number of hydrogen-bond donors (Lipinski definition) is 0. The minimum absolute atomic E-state index is 0.0432. The molecule has 0 bridgehead atoms. The van der Waals surface area contributed by atoms with Crippen molar-refractivity contribution >= 4 is 11.6 Å². The van der Waals surface area contributed by atoms with Gasteiger partial charge < -0.3 is 14.4 Å². The Hall–Kier alpha value is -2.63. The number of ether oxygens (including phenoxy) is 2. The largest absolute Gasteiger partial charge is 0.494 e. The molecule has 0 saturated carbocycles. The highest BCUT2D eigenvalue weighted by molar-refractivity contribution is 6.07. The van der Waals surface area contributed by atoms with Gasteiger partial charge in [-0.15, -0.1) is 0 Å². The van der Waals surface area contributed by atoms with Gasteiger partial charge in [0.1, 0.15) is 12.3 Å². The minimum atomic E-state index is -0.501. The Labute approximate surface area is 127 Å². The standard InChI is InChI=1S/C16H15FN2O3/c1-10-7-13-15(18-9-10)22-6-5-19(13)16(20)11-3-4-12(17)14(8-11)21-2/h3-4,7-9H,5-6H2,1-2H3. The predicted molar refractivity (Wildman–Crippen MR) is 79.1 cm³/mol. The second-order valence-electron chi connectivity index (χ2n) is 4.99. The van der Waals surface area contributed by atoms with Gasteiger partial charge in [-0.25, -0.2) is 9.37 Å². The van der Waals surface area contributed by atoms with Gasteiger partial charge in [0, 0.05) is 11.8 Å². The number of fused-ring (bicyclic) bond motifs is 1. The van der Waals surface area contributed by atoms with Crippen molar-refractivity contribution in [2.24, 2.45) is 0 Å². The smallest absolute Gasteiger partial charge is 0.258 e. The van der Waals surface area contributed by atoms with Crippen LogP contribution in [-0.2, 0) is 0 Å². The number of hydrogen-bond acceptors (Lipinski definition) is 4. The molecule has 6 heteroatoms. The van der Waals surface area contributed by atoms with Crippen LogP contribution in [0.4, 0.5) is 10.1 Å². The summed E-state index contributed by atoms with van der Waals surface area (Å²) in [5, 5.41) is 0. The zero-order valence-corrected chi connectivity index (χ0v) is 12.3. The molecule has 0 saturated heterocycles. The number of pyridine rings is 1. The molecule has 1 amide bonds. The van der Waals surface area contributed by atoms with E-state index < -0.39 is 5.82 Å². The molecule has 0 aliphatic carbocycles. The Morgan fingerprint density at radius 2 is 2.23 bits per heavy atom. The number of aryl methyl sites for hydroxylation is 1. The van der Waals surface area contributed by atoms with Crippen LogP contribution in [0.15, 0.2) is 30.5 Å². The molecule has 114 valence electrons. The van der Waals surface area contributed by atoms with Gasteiger partial charge in [0.2, 0.25) is 5.88 Å². The first kappa shape index (κ1) is 14.3. The minimum Gasteiger partial charge on any atom is -0.494 e. The van der Waals surface area contributed by atoms with Crippen LogP contribution >= 0.6 is 0 Å². The number of anilines is 1. The summed E-state index contributed by atoms with van der Waals surface area (Å²) in [6, 6.07) is 5.91. The average Bonchev–Trinajstić information content (AvgIpc) is 2.54. The maximum atomic E-state index is 13.5. The third kappa shape index (κ3) is 2.47. The maximum Gasteiger partial charge on any atom is 0.258 e. The zero-order valence-electron chi connectivity index (χ0n) is 12.3. The molecule has 2 heterocycles. The molecule has 22 heavy (non-hydrogen) atoms. The first-order valence-electron chi connectivity index (χ1n) is 6.85. The van der Waals surface area contributed by atoms with Crippen LogP contribution < -0.4 is 14.4 Å². The van der Waals surface area contributed by atoms with Crippen molar-refractivity contribution in [3.05, 3.63) is 47.4 Å². The fraction of sp³-hybridized carbons (Fsp3) is 0.250. The maximum absolute atomic E-state index is 13.5. The summed E-state index contributed by atoms with van der Waals surface area (Å²) in [4.78, 5) is 18.5. The van der Waals surface area contributed by atoms with Crippen molar-refractivity contribution in [2.75, 3.05) is 25.2 Å². The number of carbonyl (C=O) groups is 1. The van der Waals surface area contributed by atoms with E-state index >= 15 is 0 Å². The number of benzene rings is 1. The first-order chi connectivity index (χ1) is 10.6. The lowest BCUT2D eigenvalue weighted by atomic mass is 10.1. The van der Waals surface area contributed by atoms with E-state index in [0.29, 0.717) is 30.3 Å². The van der Waals surface area contributed by atoms with Gasteiger partial charge in [0.15, 0.2) is 11.6 Å². The lowest BCUT2D eigenvalue weighted by Crippen LogP contribution is -2.38. The lowest BCUT2D eigenvalue weighted by Gasteiger charge is -2.29. The number of aromatic nitrogens is 1. The number of nitrogens with zero attached hydrogens (tertiary/aromatic N) is 2. The molecule has 0 atom stereocenters. The topological polar surface area (TPSA) is 51.7 Å². The SMILES string of the molecule is COc1cc(C(=O)N2CCOc3ncc(C)cc32)ccc1F. The predicted octanol–water partition coefficient (Wildman–Crippen LogP) is 2.58. The van der Waals surface area contributed by atoms with Crippen molar-refractivity contribution in [1.29, 1.82) is 0 Å². The Kier molecular flexibility index (Phi) is 3.66. The number of rotatable bonds is 2. The summed E-state index contributed by atoms with van der Waals surface area (Å²) in [6.07, 6.45) is 1.69. The normalized spacial score (nSPS) is 13.3. The van der Waals surface area contributed by atoms with E-state index in [1.54, 1.807) is 11.1 Å². The molecule has 0 spiro atoms. The van der Waals surface area contributed by atoms with Crippen LogP contribution in [-0.4, -0.2) is 31.2 Å². The van der Waals surface area contributed by atoms with Gasteiger partial charge in [-0.2, -0.15) is 0 Å². The number of amides is 1. The molecule has 0 N–H and O–H groups in total. The molecular formula is C16H15FN2O3. The monoisotopic (exact) mass is 302 g/mol. The van der Waals surface area contributed by atoms with Crippen LogP contribution in [0.1, 0.15) is 15.9 Å². The summed E-state index contributed by atoms with van der Waals surface area (Å²) in [5.41, 5.74) is 1.91. The van der Waals surface area contributed by atoms with Gasteiger partial charge in [0.05, 0.1) is 13.7 Å². The summed E-state index contributed by atoms with van der Waals surface area (Å²) in [5.74, 6) is -0.268. The Morgan fingerprint density at radius 3 is 3.00 bits per heavy atom. The van der Waals surface area contributed by atoms with E-state index in [2.05, 4.69) is 4.98 Å². The van der Waals surface area contributed by atoms with Crippen LogP contribution in [0.25, 0.3) is 0 Å². The van der Waals surface area contributed by atoms with Crippen molar-refractivity contribution < 1.29 is 18.7 Å². The van der Waals surface area contributed by atoms with Gasteiger partial charge in [-0.3, -0.25) is 4.79 Å². The molecule has 1 aliphatic rings. The van der Waals surface area contributed by atoms with Gasteiger partial charge >= 0.3 is 0 Å². The van der Waals surface area contributed by atoms with Crippen LogP contribution in [0.5, 0.6) is 11.6 Å². The van der Waals surface area contributed by atoms with Crippen molar-refractivity contribution in [2.45, 2.75) is 6.92 Å². The Balaban J connectivity index is 1.99. The fourth-order valence-electron chi connectivity index (χ4n) is 2.36. The van der Waals surface area contributed by atoms with Crippen LogP contribution in [0.2, 0.25) is 0 Å². The third-order valence-corrected chi connectivity index (χ3v) is 3.46. The summed E-state index contributed by atoms with van der Waals surface area (Å²) in [7, 11) is 1.37. The lowest BCUT2D eigenvalue weighted by molar-refractivity contribution is 0.0975. The Morgan fingerprint density at radius 1 is 1.41 bits per heavy atom. The zero-order chi connectivity index (χ0) is 15.7. The fourth-order valence-corrected chi connectivity index (χ4v) is 2.36. The van der Waals surface area contributed by atoms with E-state index in [4.69, 9.17) is 9.47 Å². The molecule has 3 rings (SSSR count). The average molecular weight is 302 g/mol. The van der Waals surface area contributed by atoms with Gasteiger partial charge in [0.25, 0.3) is 5.91 Å². The van der Waals surface area contributed by atoms with E-state index in [-0.39, 0.29) is 11.7 Å². The van der Waals surface area contributed by atoms with E-state index in [1.807, 2.05) is 13.0 Å². The van der Waals surface area contributed by atoms with Crippen LogP contribution in [0, 0.1) is 12.7 Å². The summed E-state index contributed by atoms with van der Waals surface area (Å²) >= 11 is 0. The Bertz CT molecular complexity index is 733. The molecule has 0 fully saturated rings. The van der Waals surface area contributed by atoms with Crippen LogP contribution in [0.3, 0.4) is 0 Å². The second-order valence-corrected chi connectivity index (χ2v) is 4.99. The second kappa shape index (κ2) is 5.63. The molecule has 1 aromatic heterocycles. The molecule has 0 unspecified atom stereocenters. The molecule has 1 aromatic carbocycles. The van der Waals surface area contributed by atoms with Crippen molar-refractivity contribution in [3.8, 4) is 11.6 Å². The first-order valence-corrected chi connectivity index (χ1v) is 6.85. The van der Waals surface area contributed by atoms with Gasteiger partial charge in [-0.1, -0.05) is 0 Å². The number of methoxy groups -OCH3 is 1. The van der Waals surface area contributed by atoms with E-state index in [9.17, 15) is 9.18 Å². The number of halogens is 1. The highest BCUT2D eigenvalue weighted by Crippen LogP contribution is 2.31. The quantitative estimate of drug-likeness (QED) is 0.855. The highest BCUT2D eigenvalue weighted by atomic mass is 19.1. The number of carbonyl (C=O) groups excluding carboxylic acids is 1. The van der Waals surface area contributed by atoms with Crippen molar-refractivity contribution in [3.63, 3.8) is 0 Å². The van der Waals surface area contributed by atoms with E-state index in [1.165, 1.54) is 25.3 Å².